The van der Waals surface area contributed by atoms with Gasteiger partial charge in [-0.25, -0.2) is 0 Å². The van der Waals surface area contributed by atoms with Crippen molar-refractivity contribution in [2.75, 3.05) is 19.5 Å². The van der Waals surface area contributed by atoms with Gasteiger partial charge in [0.15, 0.2) is 0 Å². The molecule has 0 saturated heterocycles. The zero-order valence-electron chi connectivity index (χ0n) is 11.4. The van der Waals surface area contributed by atoms with Crippen molar-refractivity contribution in [3.05, 3.63) is 59.7 Å². The summed E-state index contributed by atoms with van der Waals surface area (Å²) >= 11 is 0. The summed E-state index contributed by atoms with van der Waals surface area (Å²) in [4.78, 5) is 0. The van der Waals surface area contributed by atoms with Gasteiger partial charge in [0, 0.05) is 25.8 Å². The predicted octanol–water partition coefficient (Wildman–Crippen LogP) is 3.03. The van der Waals surface area contributed by atoms with Gasteiger partial charge in [-0.1, -0.05) is 24.3 Å². The van der Waals surface area contributed by atoms with Crippen molar-refractivity contribution in [3.63, 3.8) is 0 Å². The van der Waals surface area contributed by atoms with Gasteiger partial charge in [0.05, 0.1) is 7.11 Å². The fourth-order valence-electron chi connectivity index (χ4n) is 1.93. The fraction of sp³-hybridized carbons (Fsp3) is 0.250. The lowest BCUT2D eigenvalue weighted by molar-refractivity contribution is 0.414. The minimum absolute atomic E-state index is 0.855. The van der Waals surface area contributed by atoms with Gasteiger partial charge < -0.3 is 15.4 Å². The lowest BCUT2D eigenvalue weighted by Gasteiger charge is -2.07. The first-order valence-electron chi connectivity index (χ1n) is 6.42. The van der Waals surface area contributed by atoms with Crippen LogP contribution in [0.4, 0.5) is 5.69 Å². The van der Waals surface area contributed by atoms with E-state index in [0.29, 0.717) is 0 Å². The van der Waals surface area contributed by atoms with Gasteiger partial charge in [-0.15, -0.1) is 0 Å². The normalized spacial score (nSPS) is 10.2. The summed E-state index contributed by atoms with van der Waals surface area (Å²) in [5.41, 5.74) is 3.68. The molecule has 0 saturated carbocycles. The average Bonchev–Trinajstić information content (AvgIpc) is 2.48. The molecule has 0 aliphatic rings. The Kier molecular flexibility index (Phi) is 4.81. The summed E-state index contributed by atoms with van der Waals surface area (Å²) < 4.78 is 5.14. The molecule has 0 atom stereocenters. The van der Waals surface area contributed by atoms with Gasteiger partial charge in [0.25, 0.3) is 0 Å². The maximum Gasteiger partial charge on any atom is 0.118 e. The third kappa shape index (κ3) is 4.00. The van der Waals surface area contributed by atoms with E-state index in [1.54, 1.807) is 7.11 Å². The van der Waals surface area contributed by atoms with E-state index in [4.69, 9.17) is 4.74 Å². The number of nitrogens with one attached hydrogen (secondary N) is 2. The largest absolute Gasteiger partial charge is 0.497 e. The summed E-state index contributed by atoms with van der Waals surface area (Å²) in [5.74, 6) is 0.894. The molecule has 0 aliphatic heterocycles. The van der Waals surface area contributed by atoms with Crippen LogP contribution in [0.5, 0.6) is 5.75 Å². The number of benzene rings is 2. The Morgan fingerprint density at radius 3 is 2.37 bits per heavy atom. The summed E-state index contributed by atoms with van der Waals surface area (Å²) in [6, 6.07) is 16.5. The molecule has 0 fully saturated rings. The maximum absolute atomic E-state index is 5.14. The van der Waals surface area contributed by atoms with Crippen LogP contribution < -0.4 is 15.4 Å². The molecule has 0 bridgehead atoms. The topological polar surface area (TPSA) is 33.3 Å². The molecule has 2 N–H and O–H groups in total. The van der Waals surface area contributed by atoms with E-state index < -0.39 is 0 Å². The van der Waals surface area contributed by atoms with E-state index in [0.717, 1.165) is 24.5 Å². The highest BCUT2D eigenvalue weighted by molar-refractivity contribution is 5.44. The standard InChI is InChI=1S/C16H20N2O/c1-17-15-5-3-4-14(10-15)12-18-11-13-6-8-16(19-2)9-7-13/h3-10,17-18H,11-12H2,1-2H3. The second-order valence-electron chi connectivity index (χ2n) is 4.40. The van der Waals surface area contributed by atoms with Gasteiger partial charge in [-0.2, -0.15) is 0 Å². The number of ether oxygens (including phenoxy) is 1. The number of hydrogen-bond acceptors (Lipinski definition) is 3. The lowest BCUT2D eigenvalue weighted by Crippen LogP contribution is -2.12. The van der Waals surface area contributed by atoms with Crippen LogP contribution in [0.15, 0.2) is 48.5 Å². The first kappa shape index (κ1) is 13.4. The molecule has 0 unspecified atom stereocenters. The Morgan fingerprint density at radius 2 is 1.68 bits per heavy atom. The molecule has 2 aromatic carbocycles. The third-order valence-corrected chi connectivity index (χ3v) is 3.03. The minimum Gasteiger partial charge on any atom is -0.497 e. The van der Waals surface area contributed by atoms with E-state index in [1.165, 1.54) is 11.1 Å². The van der Waals surface area contributed by atoms with Crippen LogP contribution >= 0.6 is 0 Å². The summed E-state index contributed by atoms with van der Waals surface area (Å²) in [6.45, 7) is 1.72. The molecule has 0 aromatic heterocycles. The number of anilines is 1. The van der Waals surface area contributed by atoms with Crippen molar-refractivity contribution in [1.82, 2.24) is 5.32 Å². The third-order valence-electron chi connectivity index (χ3n) is 3.03. The molecule has 100 valence electrons. The van der Waals surface area contributed by atoms with E-state index in [1.807, 2.05) is 19.2 Å². The maximum atomic E-state index is 5.14. The zero-order chi connectivity index (χ0) is 13.5. The fourth-order valence-corrected chi connectivity index (χ4v) is 1.93. The molecular formula is C16H20N2O. The predicted molar refractivity (Wildman–Crippen MR) is 79.5 cm³/mol. The zero-order valence-corrected chi connectivity index (χ0v) is 11.4. The molecule has 19 heavy (non-hydrogen) atoms. The average molecular weight is 256 g/mol. The highest BCUT2D eigenvalue weighted by Crippen LogP contribution is 2.12. The van der Waals surface area contributed by atoms with Gasteiger partial charge in [-0.3, -0.25) is 0 Å². The van der Waals surface area contributed by atoms with E-state index in [-0.39, 0.29) is 0 Å². The Balaban J connectivity index is 1.85. The molecule has 3 heteroatoms. The molecule has 3 nitrogen and oxygen atoms in total. The summed E-state index contributed by atoms with van der Waals surface area (Å²) in [5, 5.41) is 6.58. The van der Waals surface area contributed by atoms with E-state index in [9.17, 15) is 0 Å². The van der Waals surface area contributed by atoms with Crippen LogP contribution in [-0.2, 0) is 13.1 Å². The van der Waals surface area contributed by atoms with Gasteiger partial charge >= 0.3 is 0 Å². The molecule has 2 rings (SSSR count). The highest BCUT2D eigenvalue weighted by atomic mass is 16.5. The van der Waals surface area contributed by atoms with Crippen LogP contribution in [0.1, 0.15) is 11.1 Å². The van der Waals surface area contributed by atoms with Crippen molar-refractivity contribution >= 4 is 5.69 Å². The first-order chi connectivity index (χ1) is 9.31. The minimum atomic E-state index is 0.855. The Morgan fingerprint density at radius 1 is 0.947 bits per heavy atom. The van der Waals surface area contributed by atoms with Crippen molar-refractivity contribution < 1.29 is 4.74 Å². The summed E-state index contributed by atoms with van der Waals surface area (Å²) in [7, 11) is 3.62. The Bertz CT molecular complexity index is 508. The number of hydrogen-bond donors (Lipinski definition) is 2. The van der Waals surface area contributed by atoms with Crippen LogP contribution in [0.3, 0.4) is 0 Å². The SMILES string of the molecule is CNc1cccc(CNCc2ccc(OC)cc2)c1. The van der Waals surface area contributed by atoms with Crippen molar-refractivity contribution in [2.45, 2.75) is 13.1 Å². The van der Waals surface area contributed by atoms with Gasteiger partial charge in [0.1, 0.15) is 5.75 Å². The second kappa shape index (κ2) is 6.81. The molecular weight excluding hydrogens is 236 g/mol. The monoisotopic (exact) mass is 256 g/mol. The highest BCUT2D eigenvalue weighted by Gasteiger charge is 1.96. The van der Waals surface area contributed by atoms with Gasteiger partial charge in [-0.05, 0) is 35.4 Å². The van der Waals surface area contributed by atoms with Crippen LogP contribution in [0.25, 0.3) is 0 Å². The number of methoxy groups -OCH3 is 1. The first-order valence-corrected chi connectivity index (χ1v) is 6.42. The van der Waals surface area contributed by atoms with E-state index >= 15 is 0 Å². The Labute approximate surface area is 114 Å². The molecule has 0 spiro atoms. The number of rotatable bonds is 6. The lowest BCUT2D eigenvalue weighted by atomic mass is 10.2. The van der Waals surface area contributed by atoms with E-state index in [2.05, 4.69) is 47.0 Å². The van der Waals surface area contributed by atoms with Crippen LogP contribution in [0.2, 0.25) is 0 Å². The van der Waals surface area contributed by atoms with Crippen molar-refractivity contribution in [1.29, 1.82) is 0 Å². The van der Waals surface area contributed by atoms with Crippen molar-refractivity contribution in [2.24, 2.45) is 0 Å². The summed E-state index contributed by atoms with van der Waals surface area (Å²) in [6.07, 6.45) is 0. The molecule has 0 aliphatic carbocycles. The molecule has 0 heterocycles. The second-order valence-corrected chi connectivity index (χ2v) is 4.40. The van der Waals surface area contributed by atoms with Crippen molar-refractivity contribution in [3.8, 4) is 5.75 Å². The Hall–Kier alpha value is -2.00. The molecule has 0 radical (unpaired) electrons. The quantitative estimate of drug-likeness (QED) is 0.833. The van der Waals surface area contributed by atoms with Gasteiger partial charge in [0.2, 0.25) is 0 Å². The smallest absolute Gasteiger partial charge is 0.118 e. The van der Waals surface area contributed by atoms with Crippen LogP contribution in [0, 0.1) is 0 Å². The molecule has 2 aromatic rings. The van der Waals surface area contributed by atoms with Crippen LogP contribution in [-0.4, -0.2) is 14.2 Å². The molecule has 0 amide bonds.